The standard InChI is InChI=1S/C23H31N5/c1-18(2)19-9-11-20(12-10-19)28-23-21(16-26-28)22(24-17-25-23)8-4-7-15-27-13-5-3-6-14-27/h9-12,16-18H,3-8,13-15H2,1-2H3. The Hall–Kier alpha value is -2.27. The molecule has 148 valence electrons. The monoisotopic (exact) mass is 377 g/mol. The fourth-order valence-corrected chi connectivity index (χ4v) is 4.09. The van der Waals surface area contributed by atoms with Crippen molar-refractivity contribution < 1.29 is 0 Å². The molecule has 0 atom stereocenters. The quantitative estimate of drug-likeness (QED) is 0.558. The van der Waals surface area contributed by atoms with E-state index in [4.69, 9.17) is 0 Å². The smallest absolute Gasteiger partial charge is 0.166 e. The van der Waals surface area contributed by atoms with E-state index < -0.39 is 0 Å². The van der Waals surface area contributed by atoms with Crippen molar-refractivity contribution in [2.75, 3.05) is 19.6 Å². The molecule has 1 aliphatic rings. The highest BCUT2D eigenvalue weighted by atomic mass is 15.3. The molecule has 1 aliphatic heterocycles. The average molecular weight is 378 g/mol. The van der Waals surface area contributed by atoms with E-state index in [-0.39, 0.29) is 0 Å². The van der Waals surface area contributed by atoms with Crippen LogP contribution in [-0.4, -0.2) is 44.3 Å². The first kappa shape index (κ1) is 19.1. The number of rotatable bonds is 7. The first-order chi connectivity index (χ1) is 13.7. The summed E-state index contributed by atoms with van der Waals surface area (Å²) in [6.45, 7) is 8.20. The molecule has 5 nitrogen and oxygen atoms in total. The minimum absolute atomic E-state index is 0.530. The molecule has 0 bridgehead atoms. The summed E-state index contributed by atoms with van der Waals surface area (Å²) in [6.07, 6.45) is 11.1. The van der Waals surface area contributed by atoms with E-state index in [9.17, 15) is 0 Å². The van der Waals surface area contributed by atoms with Crippen LogP contribution in [0.5, 0.6) is 0 Å². The van der Waals surface area contributed by atoms with Crippen molar-refractivity contribution >= 4 is 11.0 Å². The zero-order valence-corrected chi connectivity index (χ0v) is 17.1. The van der Waals surface area contributed by atoms with Gasteiger partial charge >= 0.3 is 0 Å². The Bertz CT molecular complexity index is 891. The summed E-state index contributed by atoms with van der Waals surface area (Å²) in [5.41, 5.74) is 4.41. The number of piperidine rings is 1. The van der Waals surface area contributed by atoms with Gasteiger partial charge in [0.05, 0.1) is 23.0 Å². The van der Waals surface area contributed by atoms with Crippen molar-refractivity contribution in [3.8, 4) is 5.69 Å². The minimum atomic E-state index is 0.530. The highest BCUT2D eigenvalue weighted by Crippen LogP contribution is 2.22. The van der Waals surface area contributed by atoms with Crippen molar-refractivity contribution in [3.05, 3.63) is 48.0 Å². The van der Waals surface area contributed by atoms with Gasteiger partial charge in [-0.25, -0.2) is 14.6 Å². The lowest BCUT2D eigenvalue weighted by Gasteiger charge is -2.26. The number of aryl methyl sites for hydroxylation is 1. The molecular formula is C23H31N5. The summed E-state index contributed by atoms with van der Waals surface area (Å²) in [5.74, 6) is 0.530. The molecule has 4 rings (SSSR count). The molecule has 2 aromatic heterocycles. The van der Waals surface area contributed by atoms with Crippen molar-refractivity contribution in [1.82, 2.24) is 24.6 Å². The van der Waals surface area contributed by atoms with Crippen LogP contribution in [0.1, 0.15) is 63.1 Å². The van der Waals surface area contributed by atoms with Crippen LogP contribution in [0.15, 0.2) is 36.8 Å². The molecule has 1 fully saturated rings. The Morgan fingerprint density at radius 2 is 1.75 bits per heavy atom. The molecule has 0 amide bonds. The second-order valence-electron chi connectivity index (χ2n) is 8.22. The normalized spacial score (nSPS) is 15.5. The van der Waals surface area contributed by atoms with Gasteiger partial charge in [-0.1, -0.05) is 32.4 Å². The van der Waals surface area contributed by atoms with E-state index in [0.717, 1.165) is 35.3 Å². The number of unbranched alkanes of at least 4 members (excludes halogenated alkanes) is 1. The van der Waals surface area contributed by atoms with Crippen LogP contribution >= 0.6 is 0 Å². The molecule has 3 heterocycles. The maximum atomic E-state index is 4.61. The van der Waals surface area contributed by atoms with Crippen LogP contribution in [0, 0.1) is 0 Å². The van der Waals surface area contributed by atoms with Gasteiger partial charge in [-0.05, 0) is 75.4 Å². The van der Waals surface area contributed by atoms with E-state index in [0.29, 0.717) is 5.92 Å². The van der Waals surface area contributed by atoms with Gasteiger partial charge in [-0.15, -0.1) is 0 Å². The highest BCUT2D eigenvalue weighted by Gasteiger charge is 2.12. The molecule has 0 N–H and O–H groups in total. The summed E-state index contributed by atoms with van der Waals surface area (Å²) in [7, 11) is 0. The van der Waals surface area contributed by atoms with E-state index in [1.807, 2.05) is 10.9 Å². The molecular weight excluding hydrogens is 346 g/mol. The van der Waals surface area contributed by atoms with Crippen molar-refractivity contribution in [1.29, 1.82) is 0 Å². The number of hydrogen-bond donors (Lipinski definition) is 0. The lowest BCUT2D eigenvalue weighted by atomic mass is 10.0. The van der Waals surface area contributed by atoms with Gasteiger partial charge in [-0.2, -0.15) is 5.10 Å². The molecule has 1 saturated heterocycles. The summed E-state index contributed by atoms with van der Waals surface area (Å²) in [4.78, 5) is 11.7. The first-order valence-corrected chi connectivity index (χ1v) is 10.7. The number of nitrogens with zero attached hydrogens (tertiary/aromatic N) is 5. The van der Waals surface area contributed by atoms with Gasteiger partial charge in [0.1, 0.15) is 6.33 Å². The molecule has 0 spiro atoms. The number of hydrogen-bond acceptors (Lipinski definition) is 4. The van der Waals surface area contributed by atoms with Crippen molar-refractivity contribution in [2.24, 2.45) is 0 Å². The van der Waals surface area contributed by atoms with Crippen molar-refractivity contribution in [3.63, 3.8) is 0 Å². The maximum Gasteiger partial charge on any atom is 0.166 e. The van der Waals surface area contributed by atoms with Gasteiger partial charge in [0, 0.05) is 0 Å². The van der Waals surface area contributed by atoms with Crippen LogP contribution in [0.4, 0.5) is 0 Å². The Balaban J connectivity index is 1.44. The van der Waals surface area contributed by atoms with Crippen LogP contribution in [0.3, 0.4) is 0 Å². The van der Waals surface area contributed by atoms with Gasteiger partial charge in [0.2, 0.25) is 0 Å². The zero-order valence-electron chi connectivity index (χ0n) is 17.1. The van der Waals surface area contributed by atoms with Gasteiger partial charge in [0.15, 0.2) is 5.65 Å². The lowest BCUT2D eigenvalue weighted by molar-refractivity contribution is 0.225. The first-order valence-electron chi connectivity index (χ1n) is 10.7. The Morgan fingerprint density at radius 3 is 2.50 bits per heavy atom. The van der Waals surface area contributed by atoms with E-state index in [1.54, 1.807) is 6.33 Å². The van der Waals surface area contributed by atoms with Crippen molar-refractivity contribution in [2.45, 2.75) is 58.3 Å². The summed E-state index contributed by atoms with van der Waals surface area (Å²) in [5, 5.41) is 5.69. The molecule has 28 heavy (non-hydrogen) atoms. The maximum absolute atomic E-state index is 4.61. The average Bonchev–Trinajstić information content (AvgIpc) is 3.17. The summed E-state index contributed by atoms with van der Waals surface area (Å²) < 4.78 is 1.93. The summed E-state index contributed by atoms with van der Waals surface area (Å²) in [6, 6.07) is 8.61. The molecule has 0 aliphatic carbocycles. The zero-order chi connectivity index (χ0) is 19.3. The van der Waals surface area contributed by atoms with E-state index in [2.05, 4.69) is 58.1 Å². The number of benzene rings is 1. The molecule has 3 aromatic rings. The lowest BCUT2D eigenvalue weighted by Crippen LogP contribution is -2.30. The SMILES string of the molecule is CC(C)c1ccc(-n2ncc3c(CCCCN4CCCCC4)ncnc32)cc1. The second kappa shape index (κ2) is 8.82. The molecule has 5 heteroatoms. The van der Waals surface area contributed by atoms with Gasteiger partial charge in [-0.3, -0.25) is 0 Å². The number of likely N-dealkylation sites (tertiary alicyclic amines) is 1. The molecule has 0 saturated carbocycles. The number of fused-ring (bicyclic) bond motifs is 1. The van der Waals surface area contributed by atoms with Crippen LogP contribution in [-0.2, 0) is 6.42 Å². The van der Waals surface area contributed by atoms with Crippen LogP contribution < -0.4 is 0 Å². The number of aromatic nitrogens is 4. The molecule has 0 radical (unpaired) electrons. The predicted molar refractivity (Wildman–Crippen MR) is 114 cm³/mol. The van der Waals surface area contributed by atoms with E-state index in [1.165, 1.54) is 50.9 Å². The largest absolute Gasteiger partial charge is 0.303 e. The molecule has 1 aromatic carbocycles. The summed E-state index contributed by atoms with van der Waals surface area (Å²) >= 11 is 0. The third-order valence-corrected chi connectivity index (χ3v) is 5.84. The predicted octanol–water partition coefficient (Wildman–Crippen LogP) is 4.75. The third-order valence-electron chi connectivity index (χ3n) is 5.84. The Kier molecular flexibility index (Phi) is 6.01. The van der Waals surface area contributed by atoms with Gasteiger partial charge < -0.3 is 4.90 Å². The highest BCUT2D eigenvalue weighted by molar-refractivity contribution is 5.78. The topological polar surface area (TPSA) is 46.8 Å². The fourth-order valence-electron chi connectivity index (χ4n) is 4.09. The second-order valence-corrected chi connectivity index (χ2v) is 8.22. The van der Waals surface area contributed by atoms with Crippen LogP contribution in [0.2, 0.25) is 0 Å². The Labute approximate surface area is 167 Å². The minimum Gasteiger partial charge on any atom is -0.303 e. The molecule has 0 unspecified atom stereocenters. The van der Waals surface area contributed by atoms with Gasteiger partial charge in [0.25, 0.3) is 0 Å². The third kappa shape index (κ3) is 4.25. The fraction of sp³-hybridized carbons (Fsp3) is 0.522. The van der Waals surface area contributed by atoms with Crippen LogP contribution in [0.25, 0.3) is 16.7 Å². The van der Waals surface area contributed by atoms with E-state index >= 15 is 0 Å². The Morgan fingerprint density at radius 1 is 0.964 bits per heavy atom.